The van der Waals surface area contributed by atoms with Crippen LogP contribution in [0.25, 0.3) is 0 Å². The highest BCUT2D eigenvalue weighted by Gasteiger charge is 2.09. The molecule has 0 radical (unpaired) electrons. The summed E-state index contributed by atoms with van der Waals surface area (Å²) < 4.78 is 27.3. The summed E-state index contributed by atoms with van der Waals surface area (Å²) in [6, 6.07) is 4.46. The summed E-state index contributed by atoms with van der Waals surface area (Å²) in [4.78, 5) is 0.0834. The summed E-state index contributed by atoms with van der Waals surface area (Å²) in [7, 11) is -3.64. The summed E-state index contributed by atoms with van der Waals surface area (Å²) in [5.74, 6) is 0.618. The molecule has 0 saturated carbocycles. The van der Waals surface area contributed by atoms with Crippen LogP contribution in [0.2, 0.25) is 0 Å². The lowest BCUT2D eigenvalue weighted by Crippen LogP contribution is -2.13. The van der Waals surface area contributed by atoms with Crippen molar-refractivity contribution in [2.24, 2.45) is 10.9 Å². The molecule has 0 heterocycles. The Bertz CT molecular complexity index is 443. The van der Waals surface area contributed by atoms with E-state index in [1.165, 1.54) is 12.1 Å². The molecule has 15 heavy (non-hydrogen) atoms. The van der Waals surface area contributed by atoms with Gasteiger partial charge in [0.05, 0.1) is 4.90 Å². The zero-order valence-electron chi connectivity index (χ0n) is 8.43. The second kappa shape index (κ2) is 4.61. The van der Waals surface area contributed by atoms with Crippen molar-refractivity contribution in [3.63, 3.8) is 0 Å². The SMILES string of the molecule is Cc1cc(S(N)(=O)=O)ccc1OCCN. The summed E-state index contributed by atoms with van der Waals surface area (Å²) in [5, 5.41) is 4.99. The van der Waals surface area contributed by atoms with Crippen LogP contribution in [-0.2, 0) is 10.0 Å². The lowest BCUT2D eigenvalue weighted by molar-refractivity contribution is 0.326. The molecular weight excluding hydrogens is 216 g/mol. The Labute approximate surface area is 89.1 Å². The molecule has 0 aromatic heterocycles. The van der Waals surface area contributed by atoms with Gasteiger partial charge in [0.15, 0.2) is 0 Å². The normalized spacial score (nSPS) is 11.4. The van der Waals surface area contributed by atoms with Crippen LogP contribution < -0.4 is 15.6 Å². The molecule has 0 aliphatic rings. The van der Waals surface area contributed by atoms with E-state index < -0.39 is 10.0 Å². The molecule has 5 nitrogen and oxygen atoms in total. The number of nitrogens with two attached hydrogens (primary N) is 2. The molecule has 0 aliphatic heterocycles. The average molecular weight is 230 g/mol. The third-order valence-electron chi connectivity index (χ3n) is 1.85. The van der Waals surface area contributed by atoms with Crippen molar-refractivity contribution in [1.82, 2.24) is 0 Å². The van der Waals surface area contributed by atoms with E-state index in [9.17, 15) is 8.42 Å². The van der Waals surface area contributed by atoms with Gasteiger partial charge in [0.1, 0.15) is 12.4 Å². The van der Waals surface area contributed by atoms with Crippen molar-refractivity contribution < 1.29 is 13.2 Å². The van der Waals surface area contributed by atoms with E-state index in [4.69, 9.17) is 15.6 Å². The van der Waals surface area contributed by atoms with Crippen molar-refractivity contribution in [2.75, 3.05) is 13.2 Å². The Hall–Kier alpha value is -1.11. The monoisotopic (exact) mass is 230 g/mol. The highest BCUT2D eigenvalue weighted by molar-refractivity contribution is 7.89. The molecule has 0 fully saturated rings. The minimum atomic E-state index is -3.64. The van der Waals surface area contributed by atoms with Gasteiger partial charge in [-0.2, -0.15) is 0 Å². The first kappa shape index (κ1) is 12.0. The number of aryl methyl sites for hydroxylation is 1. The van der Waals surface area contributed by atoms with Gasteiger partial charge in [-0.3, -0.25) is 0 Å². The van der Waals surface area contributed by atoms with Gasteiger partial charge in [0.2, 0.25) is 10.0 Å². The smallest absolute Gasteiger partial charge is 0.238 e. The first-order chi connectivity index (χ1) is 6.95. The molecule has 0 unspecified atom stereocenters. The zero-order valence-corrected chi connectivity index (χ0v) is 9.25. The Morgan fingerprint density at radius 2 is 2.07 bits per heavy atom. The van der Waals surface area contributed by atoms with Crippen molar-refractivity contribution >= 4 is 10.0 Å². The van der Waals surface area contributed by atoms with Gasteiger partial charge in [-0.15, -0.1) is 0 Å². The molecule has 0 spiro atoms. The van der Waals surface area contributed by atoms with E-state index in [0.717, 1.165) is 5.56 Å². The third-order valence-corrected chi connectivity index (χ3v) is 2.76. The maximum absolute atomic E-state index is 11.0. The van der Waals surface area contributed by atoms with Gasteiger partial charge in [-0.05, 0) is 30.7 Å². The van der Waals surface area contributed by atoms with E-state index in [1.807, 2.05) is 0 Å². The molecule has 1 rings (SSSR count). The number of hydrogen-bond acceptors (Lipinski definition) is 4. The number of ether oxygens (including phenoxy) is 1. The van der Waals surface area contributed by atoms with Gasteiger partial charge in [0, 0.05) is 6.54 Å². The van der Waals surface area contributed by atoms with Crippen LogP contribution in [-0.4, -0.2) is 21.6 Å². The number of hydrogen-bond donors (Lipinski definition) is 2. The molecule has 1 aromatic rings. The van der Waals surface area contributed by atoms with Crippen LogP contribution in [0.4, 0.5) is 0 Å². The Balaban J connectivity index is 2.99. The van der Waals surface area contributed by atoms with Gasteiger partial charge in [-0.25, -0.2) is 13.6 Å². The van der Waals surface area contributed by atoms with Gasteiger partial charge < -0.3 is 10.5 Å². The molecule has 0 saturated heterocycles. The molecule has 0 atom stereocenters. The third kappa shape index (κ3) is 3.19. The van der Waals surface area contributed by atoms with Crippen molar-refractivity contribution in [2.45, 2.75) is 11.8 Å². The average Bonchev–Trinajstić information content (AvgIpc) is 2.14. The molecule has 4 N–H and O–H groups in total. The van der Waals surface area contributed by atoms with Gasteiger partial charge in [0.25, 0.3) is 0 Å². The molecule has 0 aliphatic carbocycles. The fourth-order valence-electron chi connectivity index (χ4n) is 1.13. The predicted molar refractivity (Wildman–Crippen MR) is 57.1 cm³/mol. The lowest BCUT2D eigenvalue weighted by atomic mass is 10.2. The van der Waals surface area contributed by atoms with E-state index in [1.54, 1.807) is 13.0 Å². The quantitative estimate of drug-likeness (QED) is 0.759. The van der Waals surface area contributed by atoms with E-state index in [-0.39, 0.29) is 4.90 Å². The number of benzene rings is 1. The maximum atomic E-state index is 11.0. The number of rotatable bonds is 4. The largest absolute Gasteiger partial charge is 0.492 e. The standard InChI is InChI=1S/C9H14N2O3S/c1-7-6-8(15(11,12)13)2-3-9(7)14-5-4-10/h2-3,6H,4-5,10H2,1H3,(H2,11,12,13). The highest BCUT2D eigenvalue weighted by Crippen LogP contribution is 2.20. The first-order valence-corrected chi connectivity index (χ1v) is 5.96. The molecular formula is C9H14N2O3S. The summed E-state index contributed by atoms with van der Waals surface area (Å²) in [5.41, 5.74) is 6.00. The molecule has 0 amide bonds. The molecule has 84 valence electrons. The van der Waals surface area contributed by atoms with E-state index >= 15 is 0 Å². The van der Waals surface area contributed by atoms with Crippen LogP contribution in [0.1, 0.15) is 5.56 Å². The van der Waals surface area contributed by atoms with Crippen LogP contribution >= 0.6 is 0 Å². The van der Waals surface area contributed by atoms with Crippen molar-refractivity contribution in [3.05, 3.63) is 23.8 Å². The van der Waals surface area contributed by atoms with Gasteiger partial charge in [-0.1, -0.05) is 0 Å². The maximum Gasteiger partial charge on any atom is 0.238 e. The molecule has 1 aromatic carbocycles. The van der Waals surface area contributed by atoms with Crippen LogP contribution in [0.15, 0.2) is 23.1 Å². The fourth-order valence-corrected chi connectivity index (χ4v) is 1.73. The predicted octanol–water partition coefficient (Wildman–Crippen LogP) is -0.0201. The molecule has 6 heteroatoms. The fraction of sp³-hybridized carbons (Fsp3) is 0.333. The molecule has 0 bridgehead atoms. The topological polar surface area (TPSA) is 95.4 Å². The highest BCUT2D eigenvalue weighted by atomic mass is 32.2. The van der Waals surface area contributed by atoms with Crippen molar-refractivity contribution in [3.8, 4) is 5.75 Å². The van der Waals surface area contributed by atoms with E-state index in [2.05, 4.69) is 0 Å². The second-order valence-corrected chi connectivity index (χ2v) is 4.67. The number of sulfonamides is 1. The van der Waals surface area contributed by atoms with Crippen molar-refractivity contribution in [1.29, 1.82) is 0 Å². The van der Waals surface area contributed by atoms with Crippen LogP contribution in [0, 0.1) is 6.92 Å². The Morgan fingerprint density at radius 3 is 2.53 bits per heavy atom. The minimum absolute atomic E-state index is 0.0834. The second-order valence-electron chi connectivity index (χ2n) is 3.11. The van der Waals surface area contributed by atoms with Gasteiger partial charge >= 0.3 is 0 Å². The summed E-state index contributed by atoms with van der Waals surface area (Å²) in [6.07, 6.45) is 0. The lowest BCUT2D eigenvalue weighted by Gasteiger charge is -2.08. The summed E-state index contributed by atoms with van der Waals surface area (Å²) in [6.45, 7) is 2.56. The Morgan fingerprint density at radius 1 is 1.40 bits per heavy atom. The first-order valence-electron chi connectivity index (χ1n) is 4.41. The number of primary sulfonamides is 1. The minimum Gasteiger partial charge on any atom is -0.492 e. The Kier molecular flexibility index (Phi) is 3.67. The van der Waals surface area contributed by atoms with E-state index in [0.29, 0.717) is 18.9 Å². The zero-order chi connectivity index (χ0) is 11.5. The van der Waals surface area contributed by atoms with Crippen LogP contribution in [0.3, 0.4) is 0 Å². The van der Waals surface area contributed by atoms with Crippen LogP contribution in [0.5, 0.6) is 5.75 Å². The summed E-state index contributed by atoms with van der Waals surface area (Å²) >= 11 is 0.